The van der Waals surface area contributed by atoms with Crippen LogP contribution < -0.4 is 4.57 Å². The number of carboxylic acid groups (broad SMARTS) is 1. The number of nitrogens with zero attached hydrogens (tertiary/aromatic N) is 1. The van der Waals surface area contributed by atoms with Crippen LogP contribution in [0.25, 0.3) is 6.08 Å². The Kier molecular flexibility index (Phi) is 9.54. The molecule has 5 N–H and O–H groups in total. The number of carboxylic acids is 1. The highest BCUT2D eigenvalue weighted by atomic mass is 16.8. The second kappa shape index (κ2) is 12.4. The van der Waals surface area contributed by atoms with Crippen LogP contribution >= 0.6 is 0 Å². The SMILES string of the molecule is C=CC1C(OC2OC(CO)C(O)C(O)C2O)OC=C(C(=O)OC)C1C=Cc1cc(C(=O)O)c[n+](CC)c1. The summed E-state index contributed by atoms with van der Waals surface area (Å²) in [5.41, 5.74) is 0.783. The summed E-state index contributed by atoms with van der Waals surface area (Å²) < 4.78 is 23.4. The topological polar surface area (TPSA) is 176 Å². The van der Waals surface area contributed by atoms with Crippen molar-refractivity contribution in [2.24, 2.45) is 11.8 Å². The molecule has 0 radical (unpaired) electrons. The van der Waals surface area contributed by atoms with Gasteiger partial charge in [-0.2, -0.15) is 0 Å². The Morgan fingerprint density at radius 3 is 2.49 bits per heavy atom. The molecule has 12 nitrogen and oxygen atoms in total. The predicted molar refractivity (Wildman–Crippen MR) is 125 cm³/mol. The van der Waals surface area contributed by atoms with Gasteiger partial charge in [0.1, 0.15) is 36.5 Å². The zero-order chi connectivity index (χ0) is 27.3. The Hall–Kier alpha value is -3.13. The van der Waals surface area contributed by atoms with Gasteiger partial charge in [0.25, 0.3) is 0 Å². The maximum Gasteiger partial charge on any atom is 0.341 e. The first-order valence-electron chi connectivity index (χ1n) is 11.6. The average molecular weight is 523 g/mol. The van der Waals surface area contributed by atoms with Crippen molar-refractivity contribution in [3.8, 4) is 0 Å². The minimum Gasteiger partial charge on any atom is -0.477 e. The molecule has 0 spiro atoms. The average Bonchev–Trinajstić information content (AvgIpc) is 2.91. The molecule has 0 bridgehead atoms. The van der Waals surface area contributed by atoms with Crippen molar-refractivity contribution in [3.05, 3.63) is 60.2 Å². The van der Waals surface area contributed by atoms with E-state index in [2.05, 4.69) is 6.58 Å². The van der Waals surface area contributed by atoms with Gasteiger partial charge in [-0.1, -0.05) is 18.2 Å². The number of aliphatic hydroxyl groups excluding tert-OH is 4. The number of allylic oxidation sites excluding steroid dienone is 1. The molecular weight excluding hydrogens is 490 g/mol. The van der Waals surface area contributed by atoms with Gasteiger partial charge in [0.2, 0.25) is 6.29 Å². The molecule has 3 heterocycles. The number of aliphatic hydroxyl groups is 4. The Bertz CT molecular complexity index is 1050. The summed E-state index contributed by atoms with van der Waals surface area (Å²) >= 11 is 0. The van der Waals surface area contributed by atoms with E-state index in [0.29, 0.717) is 12.1 Å². The van der Waals surface area contributed by atoms with Crippen molar-refractivity contribution in [2.75, 3.05) is 13.7 Å². The lowest BCUT2D eigenvalue weighted by molar-refractivity contribution is -0.693. The number of esters is 1. The fourth-order valence-electron chi connectivity index (χ4n) is 4.18. The zero-order valence-corrected chi connectivity index (χ0v) is 20.4. The van der Waals surface area contributed by atoms with E-state index in [4.69, 9.17) is 18.9 Å². The van der Waals surface area contributed by atoms with Crippen LogP contribution in [0.2, 0.25) is 0 Å². The highest BCUT2D eigenvalue weighted by Crippen LogP contribution is 2.36. The molecule has 2 aliphatic heterocycles. The first-order chi connectivity index (χ1) is 17.6. The lowest BCUT2D eigenvalue weighted by atomic mass is 9.83. The van der Waals surface area contributed by atoms with Crippen LogP contribution in [0.4, 0.5) is 0 Å². The van der Waals surface area contributed by atoms with Gasteiger partial charge in [0.05, 0.1) is 31.5 Å². The van der Waals surface area contributed by atoms with Crippen molar-refractivity contribution in [1.82, 2.24) is 0 Å². The van der Waals surface area contributed by atoms with Crippen LogP contribution in [-0.2, 0) is 30.3 Å². The molecule has 8 atom stereocenters. The molecule has 37 heavy (non-hydrogen) atoms. The summed E-state index contributed by atoms with van der Waals surface area (Å²) in [4.78, 5) is 24.0. The van der Waals surface area contributed by atoms with Gasteiger partial charge in [0.15, 0.2) is 18.7 Å². The molecule has 8 unspecified atom stereocenters. The van der Waals surface area contributed by atoms with E-state index in [1.807, 2.05) is 6.92 Å². The smallest absolute Gasteiger partial charge is 0.341 e. The first-order valence-corrected chi connectivity index (χ1v) is 11.6. The molecule has 0 aromatic carbocycles. The van der Waals surface area contributed by atoms with E-state index >= 15 is 0 Å². The second-order valence-corrected chi connectivity index (χ2v) is 8.59. The summed E-state index contributed by atoms with van der Waals surface area (Å²) in [6.45, 7) is 5.58. The Labute approximate surface area is 213 Å². The van der Waals surface area contributed by atoms with E-state index in [1.54, 1.807) is 22.9 Å². The van der Waals surface area contributed by atoms with Gasteiger partial charge in [-0.15, -0.1) is 6.58 Å². The van der Waals surface area contributed by atoms with Crippen molar-refractivity contribution in [2.45, 2.75) is 50.5 Å². The molecule has 12 heteroatoms. The number of aryl methyl sites for hydroxylation is 1. The van der Waals surface area contributed by atoms with E-state index < -0.39 is 67.4 Å². The number of ether oxygens (including phenoxy) is 4. The summed E-state index contributed by atoms with van der Waals surface area (Å²) in [6, 6.07) is 1.48. The van der Waals surface area contributed by atoms with Gasteiger partial charge >= 0.3 is 11.9 Å². The standard InChI is InChI=1S/C25H31NO11/c1-4-15-16(7-6-13-8-14(22(31)32)10-26(5-2)9-13)17(23(33)34-3)12-35-24(15)37-25-21(30)20(29)19(28)18(11-27)36-25/h4,6-10,12,15-16,18-21,24-25,27-30H,1,5,11H2,2-3H3/p+1. The van der Waals surface area contributed by atoms with Crippen molar-refractivity contribution < 1.29 is 58.6 Å². The van der Waals surface area contributed by atoms with Gasteiger partial charge in [-0.3, -0.25) is 0 Å². The minimum absolute atomic E-state index is 0.0869. The van der Waals surface area contributed by atoms with Gasteiger partial charge in [0, 0.05) is 11.5 Å². The largest absolute Gasteiger partial charge is 0.477 e. The number of hydrogen-bond donors (Lipinski definition) is 5. The summed E-state index contributed by atoms with van der Waals surface area (Å²) in [6.07, 6.45) is 0.488. The maximum absolute atomic E-state index is 12.5. The van der Waals surface area contributed by atoms with Crippen molar-refractivity contribution >= 4 is 18.0 Å². The lowest BCUT2D eigenvalue weighted by Gasteiger charge is -2.42. The fourth-order valence-corrected chi connectivity index (χ4v) is 4.18. The second-order valence-electron chi connectivity index (χ2n) is 8.59. The maximum atomic E-state index is 12.5. The van der Waals surface area contributed by atoms with E-state index in [9.17, 15) is 35.1 Å². The van der Waals surface area contributed by atoms with Gasteiger partial charge < -0.3 is 44.5 Å². The van der Waals surface area contributed by atoms with Crippen LogP contribution in [0.5, 0.6) is 0 Å². The van der Waals surface area contributed by atoms with Crippen molar-refractivity contribution in [3.63, 3.8) is 0 Å². The molecule has 3 rings (SSSR count). The van der Waals surface area contributed by atoms with Crippen LogP contribution in [0.3, 0.4) is 0 Å². The Morgan fingerprint density at radius 2 is 1.89 bits per heavy atom. The summed E-state index contributed by atoms with van der Waals surface area (Å²) in [5, 5.41) is 49.3. The van der Waals surface area contributed by atoms with E-state index in [0.717, 1.165) is 6.26 Å². The van der Waals surface area contributed by atoms with Crippen LogP contribution in [0, 0.1) is 11.8 Å². The predicted octanol–water partition coefficient (Wildman–Crippen LogP) is -0.646. The molecule has 1 aromatic heterocycles. The number of rotatable bonds is 9. The summed E-state index contributed by atoms with van der Waals surface area (Å²) in [7, 11) is 1.21. The first kappa shape index (κ1) is 28.4. The molecular formula is C25H32NO11+. The molecule has 1 saturated heterocycles. The summed E-state index contributed by atoms with van der Waals surface area (Å²) in [5.74, 6) is -3.20. The number of carbonyl (C=O) groups excluding carboxylic acids is 1. The third-order valence-electron chi connectivity index (χ3n) is 6.28. The molecule has 0 aliphatic carbocycles. The molecule has 202 valence electrons. The normalized spacial score (nSPS) is 31.9. The van der Waals surface area contributed by atoms with Crippen LogP contribution in [0.1, 0.15) is 22.8 Å². The van der Waals surface area contributed by atoms with E-state index in [1.165, 1.54) is 25.4 Å². The Morgan fingerprint density at radius 1 is 1.16 bits per heavy atom. The quantitative estimate of drug-likeness (QED) is 0.158. The lowest BCUT2D eigenvalue weighted by Crippen LogP contribution is -2.60. The number of carbonyl (C=O) groups is 2. The molecule has 0 amide bonds. The monoisotopic (exact) mass is 522 g/mol. The van der Waals surface area contributed by atoms with Crippen molar-refractivity contribution in [1.29, 1.82) is 0 Å². The van der Waals surface area contributed by atoms with Gasteiger partial charge in [-0.25, -0.2) is 14.2 Å². The molecule has 1 aromatic rings. The molecule has 1 fully saturated rings. The minimum atomic E-state index is -1.66. The van der Waals surface area contributed by atoms with Crippen LogP contribution in [-0.4, -0.2) is 88.2 Å². The molecule has 2 aliphatic rings. The van der Waals surface area contributed by atoms with Crippen LogP contribution in [0.15, 0.2) is 49.0 Å². The van der Waals surface area contributed by atoms with Gasteiger partial charge in [-0.05, 0) is 13.0 Å². The number of pyridine rings is 1. The third-order valence-corrected chi connectivity index (χ3v) is 6.28. The highest BCUT2D eigenvalue weighted by molar-refractivity contribution is 5.90. The number of methoxy groups -OCH3 is 1. The number of aromatic carboxylic acids is 1. The molecule has 0 saturated carbocycles. The highest BCUT2D eigenvalue weighted by Gasteiger charge is 2.47. The fraction of sp³-hybridized carbons (Fsp3) is 0.480. The van der Waals surface area contributed by atoms with E-state index in [-0.39, 0.29) is 11.1 Å². The number of hydrogen-bond acceptors (Lipinski definition) is 10. The number of aromatic nitrogens is 1. The third kappa shape index (κ3) is 6.24. The zero-order valence-electron chi connectivity index (χ0n) is 20.4. The Balaban J connectivity index is 1.92.